The van der Waals surface area contributed by atoms with Gasteiger partial charge in [-0.3, -0.25) is 9.59 Å². The molecule has 0 heterocycles. The monoisotopic (exact) mass is 326 g/mol. The van der Waals surface area contributed by atoms with Gasteiger partial charge in [-0.05, 0) is 30.0 Å². The van der Waals surface area contributed by atoms with E-state index >= 15 is 0 Å². The number of carboxylic acid groups (broad SMARTS) is 1. The first-order valence-corrected chi connectivity index (χ1v) is 8.49. The van der Waals surface area contributed by atoms with Crippen molar-refractivity contribution in [3.05, 3.63) is 34.9 Å². The van der Waals surface area contributed by atoms with Gasteiger partial charge in [-0.25, -0.2) is 4.79 Å². The molecule has 0 aromatic heterocycles. The molecule has 114 valence electrons. The fourth-order valence-corrected chi connectivity index (χ4v) is 3.17. The van der Waals surface area contributed by atoms with Gasteiger partial charge in [-0.2, -0.15) is 0 Å². The first-order valence-electron chi connectivity index (χ1n) is 6.52. The van der Waals surface area contributed by atoms with E-state index in [4.69, 9.17) is 0 Å². The molecule has 21 heavy (non-hydrogen) atoms. The summed E-state index contributed by atoms with van der Waals surface area (Å²) in [7, 11) is 0. The molecule has 0 unspecified atom stereocenters. The maximum atomic E-state index is 11.3. The Bertz CT molecular complexity index is 540. The summed E-state index contributed by atoms with van der Waals surface area (Å²) in [6.45, 7) is 3.01. The molecule has 6 heteroatoms. The summed E-state index contributed by atoms with van der Waals surface area (Å²) in [6.07, 6.45) is 1.18. The van der Waals surface area contributed by atoms with Crippen LogP contribution in [0.25, 0.3) is 0 Å². The molecule has 0 aliphatic rings. The summed E-state index contributed by atoms with van der Waals surface area (Å²) in [5, 5.41) is 9.36. The second-order valence-electron chi connectivity index (χ2n) is 4.43. The number of benzene rings is 1. The standard InChI is InChI=1S/C15H18O4S2/c1-10(16)20-8-6-12-4-3-5-14(15(18)19)13(12)7-9-21-11(2)17/h3-5H,6-9H2,1-2H3,(H,18,19). The molecule has 0 amide bonds. The molecular weight excluding hydrogens is 308 g/mol. The Morgan fingerprint density at radius 1 is 1.00 bits per heavy atom. The van der Waals surface area contributed by atoms with E-state index in [-0.39, 0.29) is 15.8 Å². The number of carboxylic acids is 1. The summed E-state index contributed by atoms with van der Waals surface area (Å²) in [6, 6.07) is 5.19. The van der Waals surface area contributed by atoms with Gasteiger partial charge in [0, 0.05) is 25.4 Å². The highest BCUT2D eigenvalue weighted by molar-refractivity contribution is 8.13. The van der Waals surface area contributed by atoms with Gasteiger partial charge < -0.3 is 5.11 Å². The average Bonchev–Trinajstić information content (AvgIpc) is 2.38. The third-order valence-corrected chi connectivity index (χ3v) is 4.47. The molecule has 1 aromatic carbocycles. The van der Waals surface area contributed by atoms with Crippen molar-refractivity contribution in [2.24, 2.45) is 0 Å². The van der Waals surface area contributed by atoms with Gasteiger partial charge in [-0.15, -0.1) is 0 Å². The molecule has 4 nitrogen and oxygen atoms in total. The van der Waals surface area contributed by atoms with Crippen LogP contribution in [0, 0.1) is 0 Å². The SMILES string of the molecule is CC(=O)SCCc1cccc(C(=O)O)c1CCSC(C)=O. The Kier molecular flexibility index (Phi) is 7.53. The third kappa shape index (κ3) is 6.35. The van der Waals surface area contributed by atoms with E-state index in [1.807, 2.05) is 6.07 Å². The van der Waals surface area contributed by atoms with Crippen molar-refractivity contribution in [3.63, 3.8) is 0 Å². The van der Waals surface area contributed by atoms with Gasteiger partial charge in [0.15, 0.2) is 10.2 Å². The number of aryl methyl sites for hydroxylation is 1. The van der Waals surface area contributed by atoms with Crippen LogP contribution in [0.4, 0.5) is 0 Å². The molecule has 1 aromatic rings. The zero-order chi connectivity index (χ0) is 15.8. The van der Waals surface area contributed by atoms with E-state index in [0.29, 0.717) is 24.3 Å². The van der Waals surface area contributed by atoms with Crippen LogP contribution in [0.5, 0.6) is 0 Å². The second-order valence-corrected chi connectivity index (χ2v) is 6.97. The van der Waals surface area contributed by atoms with E-state index in [1.54, 1.807) is 12.1 Å². The second kappa shape index (κ2) is 8.89. The zero-order valence-electron chi connectivity index (χ0n) is 12.0. The quantitative estimate of drug-likeness (QED) is 0.830. The van der Waals surface area contributed by atoms with Gasteiger partial charge in [-0.1, -0.05) is 35.7 Å². The van der Waals surface area contributed by atoms with E-state index in [2.05, 4.69) is 0 Å². The van der Waals surface area contributed by atoms with Crippen molar-refractivity contribution in [2.45, 2.75) is 26.7 Å². The maximum Gasteiger partial charge on any atom is 0.335 e. The van der Waals surface area contributed by atoms with Crippen molar-refractivity contribution < 1.29 is 19.5 Å². The number of carbonyl (C=O) groups is 3. The predicted molar refractivity (Wildman–Crippen MR) is 87.1 cm³/mol. The number of hydrogen-bond acceptors (Lipinski definition) is 5. The van der Waals surface area contributed by atoms with Crippen LogP contribution in [0.1, 0.15) is 35.3 Å². The van der Waals surface area contributed by atoms with E-state index in [0.717, 1.165) is 11.1 Å². The largest absolute Gasteiger partial charge is 0.478 e. The van der Waals surface area contributed by atoms with E-state index in [9.17, 15) is 19.5 Å². The highest BCUT2D eigenvalue weighted by Gasteiger charge is 2.14. The van der Waals surface area contributed by atoms with E-state index in [1.165, 1.54) is 37.4 Å². The van der Waals surface area contributed by atoms with Gasteiger partial charge in [0.05, 0.1) is 5.56 Å². The fraction of sp³-hybridized carbons (Fsp3) is 0.400. The molecule has 0 saturated carbocycles. The van der Waals surface area contributed by atoms with Crippen LogP contribution in [0.3, 0.4) is 0 Å². The molecule has 0 aliphatic heterocycles. The zero-order valence-corrected chi connectivity index (χ0v) is 13.7. The summed E-state index contributed by atoms with van der Waals surface area (Å²) in [5.41, 5.74) is 1.99. The molecule has 1 N–H and O–H groups in total. The maximum absolute atomic E-state index is 11.3. The number of thioether (sulfide) groups is 2. The van der Waals surface area contributed by atoms with Crippen molar-refractivity contribution in [3.8, 4) is 0 Å². The Hall–Kier alpha value is -1.27. The molecule has 0 saturated heterocycles. The van der Waals surface area contributed by atoms with Crippen molar-refractivity contribution in [1.29, 1.82) is 0 Å². The lowest BCUT2D eigenvalue weighted by molar-refractivity contribution is -0.109. The molecule has 0 bridgehead atoms. The van der Waals surface area contributed by atoms with Gasteiger partial charge >= 0.3 is 5.97 Å². The van der Waals surface area contributed by atoms with Crippen molar-refractivity contribution >= 4 is 39.7 Å². The van der Waals surface area contributed by atoms with E-state index < -0.39 is 5.97 Å². The minimum atomic E-state index is -0.959. The molecule has 0 aliphatic carbocycles. The number of aromatic carboxylic acids is 1. The highest BCUT2D eigenvalue weighted by Crippen LogP contribution is 2.20. The first kappa shape index (κ1) is 17.8. The summed E-state index contributed by atoms with van der Waals surface area (Å²) in [4.78, 5) is 33.3. The number of hydrogen-bond donors (Lipinski definition) is 1. The fourth-order valence-electron chi connectivity index (χ4n) is 1.97. The van der Waals surface area contributed by atoms with Crippen LogP contribution in [0.15, 0.2) is 18.2 Å². The lowest BCUT2D eigenvalue weighted by atomic mass is 9.97. The Morgan fingerprint density at radius 3 is 2.10 bits per heavy atom. The third-order valence-electron chi connectivity index (χ3n) is 2.84. The summed E-state index contributed by atoms with van der Waals surface area (Å²) >= 11 is 2.42. The van der Waals surface area contributed by atoms with Crippen molar-refractivity contribution in [1.82, 2.24) is 0 Å². The Labute approximate surface area is 132 Å². The molecule has 0 spiro atoms. The molecule has 0 radical (unpaired) electrons. The van der Waals surface area contributed by atoms with Gasteiger partial charge in [0.2, 0.25) is 0 Å². The van der Waals surface area contributed by atoms with Crippen LogP contribution in [-0.2, 0) is 22.4 Å². The van der Waals surface area contributed by atoms with Crippen LogP contribution in [0.2, 0.25) is 0 Å². The lowest BCUT2D eigenvalue weighted by Gasteiger charge is -2.12. The summed E-state index contributed by atoms with van der Waals surface area (Å²) in [5.74, 6) is 0.233. The van der Waals surface area contributed by atoms with Gasteiger partial charge in [0.25, 0.3) is 0 Å². The lowest BCUT2D eigenvalue weighted by Crippen LogP contribution is -2.08. The number of rotatable bonds is 7. The molecule has 0 fully saturated rings. The predicted octanol–water partition coefficient (Wildman–Crippen LogP) is 3.03. The van der Waals surface area contributed by atoms with Gasteiger partial charge in [0.1, 0.15) is 0 Å². The minimum Gasteiger partial charge on any atom is -0.478 e. The first-order chi connectivity index (χ1) is 9.91. The topological polar surface area (TPSA) is 71.4 Å². The Morgan fingerprint density at radius 2 is 1.57 bits per heavy atom. The Balaban J connectivity index is 2.88. The number of carbonyl (C=O) groups excluding carboxylic acids is 2. The molecule has 0 atom stereocenters. The minimum absolute atomic E-state index is 0.0245. The van der Waals surface area contributed by atoms with Crippen LogP contribution >= 0.6 is 23.5 Å². The highest BCUT2D eigenvalue weighted by atomic mass is 32.2. The van der Waals surface area contributed by atoms with Crippen LogP contribution < -0.4 is 0 Å². The smallest absolute Gasteiger partial charge is 0.335 e. The van der Waals surface area contributed by atoms with Crippen LogP contribution in [-0.4, -0.2) is 32.8 Å². The average molecular weight is 326 g/mol. The molecule has 1 rings (SSSR count). The normalized spacial score (nSPS) is 10.4. The summed E-state index contributed by atoms with van der Waals surface area (Å²) < 4.78 is 0. The van der Waals surface area contributed by atoms with Crippen molar-refractivity contribution in [2.75, 3.05) is 11.5 Å². The molecular formula is C15H18O4S2.